The number of benzene rings is 1. The summed E-state index contributed by atoms with van der Waals surface area (Å²) >= 11 is 3.47. The Labute approximate surface area is 178 Å². The molecule has 10 heteroatoms. The number of nitrogens with one attached hydrogen (secondary N) is 1. The Morgan fingerprint density at radius 3 is 2.45 bits per heavy atom. The van der Waals surface area contributed by atoms with Crippen LogP contribution >= 0.6 is 15.9 Å². The van der Waals surface area contributed by atoms with E-state index in [0.29, 0.717) is 31.1 Å². The minimum atomic E-state index is 0.425. The number of nitrogens with zero attached hydrogens (tertiary/aromatic N) is 6. The maximum absolute atomic E-state index is 5.45. The van der Waals surface area contributed by atoms with E-state index in [1.807, 2.05) is 18.2 Å². The van der Waals surface area contributed by atoms with Gasteiger partial charge in [0.1, 0.15) is 5.75 Å². The van der Waals surface area contributed by atoms with E-state index in [4.69, 9.17) is 14.5 Å². The van der Waals surface area contributed by atoms with Gasteiger partial charge in [-0.1, -0.05) is 15.9 Å². The van der Waals surface area contributed by atoms with Crippen molar-refractivity contribution >= 4 is 40.0 Å². The fourth-order valence-corrected chi connectivity index (χ4v) is 3.71. The topological polar surface area (TPSA) is 88.0 Å². The van der Waals surface area contributed by atoms with E-state index in [9.17, 15) is 0 Å². The van der Waals surface area contributed by atoms with Crippen LogP contribution in [0, 0.1) is 0 Å². The van der Waals surface area contributed by atoms with Crippen molar-refractivity contribution in [1.29, 1.82) is 0 Å². The van der Waals surface area contributed by atoms with Gasteiger partial charge in [-0.15, -0.1) is 0 Å². The Balaban J connectivity index is 1.57. The van der Waals surface area contributed by atoms with Gasteiger partial charge in [0, 0.05) is 36.2 Å². The summed E-state index contributed by atoms with van der Waals surface area (Å²) in [6, 6.07) is 5.75. The van der Waals surface area contributed by atoms with Crippen molar-refractivity contribution in [3.8, 4) is 5.75 Å². The molecule has 2 saturated heterocycles. The quantitative estimate of drug-likeness (QED) is 0.518. The first-order chi connectivity index (χ1) is 14.2. The van der Waals surface area contributed by atoms with E-state index in [1.165, 1.54) is 0 Å². The summed E-state index contributed by atoms with van der Waals surface area (Å²) in [5.74, 6) is 2.51. The Morgan fingerprint density at radius 1 is 1.07 bits per heavy atom. The zero-order valence-electron chi connectivity index (χ0n) is 16.3. The summed E-state index contributed by atoms with van der Waals surface area (Å²) in [5.41, 5.74) is 3.80. The fraction of sp³-hybridized carbons (Fsp3) is 0.474. The molecule has 1 aromatic carbocycles. The zero-order valence-corrected chi connectivity index (χ0v) is 17.9. The van der Waals surface area contributed by atoms with Crippen molar-refractivity contribution in [2.24, 2.45) is 5.10 Å². The van der Waals surface area contributed by atoms with Gasteiger partial charge in [-0.05, 0) is 31.0 Å². The number of aromatic nitrogens is 3. The highest BCUT2D eigenvalue weighted by atomic mass is 79.9. The number of rotatable bonds is 6. The van der Waals surface area contributed by atoms with Crippen molar-refractivity contribution < 1.29 is 9.47 Å². The van der Waals surface area contributed by atoms with E-state index in [2.05, 4.69) is 46.2 Å². The van der Waals surface area contributed by atoms with E-state index < -0.39 is 0 Å². The van der Waals surface area contributed by atoms with E-state index in [0.717, 1.165) is 54.8 Å². The van der Waals surface area contributed by atoms with Crippen LogP contribution in [0.3, 0.4) is 0 Å². The Hall–Kier alpha value is -2.46. The van der Waals surface area contributed by atoms with Gasteiger partial charge in [-0.3, -0.25) is 0 Å². The van der Waals surface area contributed by atoms with Gasteiger partial charge in [0.05, 0.1) is 26.5 Å². The van der Waals surface area contributed by atoms with Crippen LogP contribution in [0.5, 0.6) is 5.75 Å². The fourth-order valence-electron chi connectivity index (χ4n) is 3.33. The van der Waals surface area contributed by atoms with E-state index >= 15 is 0 Å². The molecule has 1 aromatic heterocycles. The average Bonchev–Trinajstić information content (AvgIpc) is 3.29. The molecule has 9 nitrogen and oxygen atoms in total. The zero-order chi connectivity index (χ0) is 20.1. The van der Waals surface area contributed by atoms with Gasteiger partial charge in [0.2, 0.25) is 17.8 Å². The number of halogens is 1. The van der Waals surface area contributed by atoms with Crippen LogP contribution in [0.2, 0.25) is 0 Å². The average molecular weight is 462 g/mol. The van der Waals surface area contributed by atoms with Crippen LogP contribution in [0.1, 0.15) is 18.4 Å². The number of hydrogen-bond acceptors (Lipinski definition) is 9. The molecule has 2 fully saturated rings. The molecule has 0 radical (unpaired) electrons. The standard InChI is InChI=1S/C19H24BrN7O2/c1-28-16-5-4-15(20)12-14(16)13-21-25-17-22-18(26-6-2-3-7-26)24-19(23-17)27-8-10-29-11-9-27/h4-5,12-13H,2-3,6-11H2,1H3,(H,22,23,24,25)/b21-13-. The third kappa shape index (κ3) is 4.94. The molecule has 2 aliphatic heterocycles. The van der Waals surface area contributed by atoms with Crippen LogP contribution in [0.4, 0.5) is 17.8 Å². The predicted molar refractivity (Wildman–Crippen MR) is 116 cm³/mol. The SMILES string of the molecule is COc1ccc(Br)cc1/C=N\Nc1nc(N2CCCC2)nc(N2CCOCC2)n1. The smallest absolute Gasteiger partial charge is 0.250 e. The van der Waals surface area contributed by atoms with Crippen LogP contribution in [0.15, 0.2) is 27.8 Å². The van der Waals surface area contributed by atoms with Crippen LogP contribution in [-0.4, -0.2) is 67.7 Å². The number of morpholine rings is 1. The molecule has 0 aliphatic carbocycles. The van der Waals surface area contributed by atoms with Crippen molar-refractivity contribution in [2.75, 3.05) is 61.7 Å². The predicted octanol–water partition coefficient (Wildman–Crippen LogP) is 2.53. The lowest BCUT2D eigenvalue weighted by molar-refractivity contribution is 0.122. The summed E-state index contributed by atoms with van der Waals surface area (Å²) in [6.45, 7) is 4.81. The summed E-state index contributed by atoms with van der Waals surface area (Å²) < 4.78 is 11.8. The van der Waals surface area contributed by atoms with Crippen molar-refractivity contribution in [2.45, 2.75) is 12.8 Å². The normalized spacial score (nSPS) is 17.2. The Morgan fingerprint density at radius 2 is 1.76 bits per heavy atom. The molecule has 0 atom stereocenters. The number of anilines is 3. The molecule has 0 saturated carbocycles. The summed E-state index contributed by atoms with van der Waals surface area (Å²) in [4.78, 5) is 18.2. The Bertz CT molecular complexity index is 868. The van der Waals surface area contributed by atoms with Crippen LogP contribution < -0.4 is 20.0 Å². The van der Waals surface area contributed by atoms with Crippen molar-refractivity contribution in [1.82, 2.24) is 15.0 Å². The molecule has 154 valence electrons. The maximum atomic E-state index is 5.45. The maximum Gasteiger partial charge on any atom is 0.250 e. The molecule has 0 spiro atoms. The first kappa shape index (κ1) is 19.8. The molecule has 3 heterocycles. The van der Waals surface area contributed by atoms with Gasteiger partial charge >= 0.3 is 0 Å². The van der Waals surface area contributed by atoms with E-state index in [-0.39, 0.29) is 0 Å². The molecule has 4 rings (SSSR count). The van der Waals surface area contributed by atoms with Crippen molar-refractivity contribution in [3.05, 3.63) is 28.2 Å². The minimum absolute atomic E-state index is 0.425. The largest absolute Gasteiger partial charge is 0.496 e. The number of methoxy groups -OCH3 is 1. The molecule has 0 amide bonds. The third-order valence-corrected chi connectivity index (χ3v) is 5.35. The number of ether oxygens (including phenoxy) is 2. The van der Waals surface area contributed by atoms with Gasteiger partial charge in [-0.25, -0.2) is 5.43 Å². The summed E-state index contributed by atoms with van der Waals surface area (Å²) in [6.07, 6.45) is 4.00. The van der Waals surface area contributed by atoms with Gasteiger partial charge in [0.15, 0.2) is 0 Å². The lowest BCUT2D eigenvalue weighted by atomic mass is 10.2. The summed E-state index contributed by atoms with van der Waals surface area (Å²) in [5, 5.41) is 4.33. The van der Waals surface area contributed by atoms with Crippen LogP contribution in [0.25, 0.3) is 0 Å². The van der Waals surface area contributed by atoms with Gasteiger partial charge in [0.25, 0.3) is 0 Å². The van der Waals surface area contributed by atoms with Crippen LogP contribution in [-0.2, 0) is 4.74 Å². The highest BCUT2D eigenvalue weighted by Crippen LogP contribution is 2.23. The third-order valence-electron chi connectivity index (χ3n) is 4.85. The highest BCUT2D eigenvalue weighted by molar-refractivity contribution is 9.10. The molecule has 0 unspecified atom stereocenters. The lowest BCUT2D eigenvalue weighted by Crippen LogP contribution is -2.38. The van der Waals surface area contributed by atoms with Crippen molar-refractivity contribution in [3.63, 3.8) is 0 Å². The first-order valence-corrected chi connectivity index (χ1v) is 10.5. The summed E-state index contributed by atoms with van der Waals surface area (Å²) in [7, 11) is 1.64. The molecule has 2 aromatic rings. The highest BCUT2D eigenvalue weighted by Gasteiger charge is 2.21. The first-order valence-electron chi connectivity index (χ1n) is 9.69. The van der Waals surface area contributed by atoms with Gasteiger partial charge < -0.3 is 19.3 Å². The molecule has 2 aliphatic rings. The van der Waals surface area contributed by atoms with Gasteiger partial charge in [-0.2, -0.15) is 20.1 Å². The lowest BCUT2D eigenvalue weighted by Gasteiger charge is -2.27. The number of hydrogen-bond donors (Lipinski definition) is 1. The Kier molecular flexibility index (Phi) is 6.40. The minimum Gasteiger partial charge on any atom is -0.496 e. The number of hydrazone groups is 1. The van der Waals surface area contributed by atoms with E-state index in [1.54, 1.807) is 13.3 Å². The monoisotopic (exact) mass is 461 g/mol. The molecule has 0 bridgehead atoms. The second kappa shape index (κ2) is 9.36. The molecular weight excluding hydrogens is 438 g/mol. The molecule has 29 heavy (non-hydrogen) atoms. The molecule has 1 N–H and O–H groups in total. The molecular formula is C19H24BrN7O2. The second-order valence-electron chi connectivity index (χ2n) is 6.81. The second-order valence-corrected chi connectivity index (χ2v) is 7.72.